The first-order chi connectivity index (χ1) is 10.6. The summed E-state index contributed by atoms with van der Waals surface area (Å²) in [5.41, 5.74) is 0.340. The molecule has 0 aliphatic heterocycles. The SMILES string of the molecule is COC(=O)C(C)(C=O)c1ccc(OCc2ccccc2)cc1. The molecule has 2 aromatic rings. The Hall–Kier alpha value is -2.62. The summed E-state index contributed by atoms with van der Waals surface area (Å²) >= 11 is 0. The molecule has 0 saturated carbocycles. The van der Waals surface area contributed by atoms with Crippen LogP contribution in [0.3, 0.4) is 0 Å². The molecular formula is C18H18O4. The fraction of sp³-hybridized carbons (Fsp3) is 0.222. The summed E-state index contributed by atoms with van der Waals surface area (Å²) < 4.78 is 10.4. The second kappa shape index (κ2) is 6.89. The standard InChI is InChI=1S/C18H18O4/c1-18(13-19,17(20)21-2)15-8-10-16(11-9-15)22-12-14-6-4-3-5-7-14/h3-11,13H,12H2,1-2H3. The minimum Gasteiger partial charge on any atom is -0.489 e. The number of carbonyl (C=O) groups excluding carboxylic acids is 2. The fourth-order valence-corrected chi connectivity index (χ4v) is 2.08. The average Bonchev–Trinajstić information content (AvgIpc) is 2.59. The summed E-state index contributed by atoms with van der Waals surface area (Å²) in [6.45, 7) is 1.99. The molecule has 0 fully saturated rings. The Labute approximate surface area is 129 Å². The van der Waals surface area contributed by atoms with E-state index in [4.69, 9.17) is 9.47 Å². The van der Waals surface area contributed by atoms with E-state index in [0.717, 1.165) is 5.56 Å². The quantitative estimate of drug-likeness (QED) is 0.467. The van der Waals surface area contributed by atoms with Crippen LogP contribution in [-0.4, -0.2) is 19.4 Å². The topological polar surface area (TPSA) is 52.6 Å². The predicted molar refractivity (Wildman–Crippen MR) is 82.6 cm³/mol. The molecule has 0 amide bonds. The molecule has 0 aliphatic carbocycles. The highest BCUT2D eigenvalue weighted by Crippen LogP contribution is 2.25. The number of benzene rings is 2. The summed E-state index contributed by atoms with van der Waals surface area (Å²) in [5.74, 6) is 0.0890. The molecule has 0 bridgehead atoms. The van der Waals surface area contributed by atoms with Crippen LogP contribution < -0.4 is 4.74 Å². The summed E-state index contributed by atoms with van der Waals surface area (Å²) in [7, 11) is 1.27. The van der Waals surface area contributed by atoms with E-state index >= 15 is 0 Å². The van der Waals surface area contributed by atoms with Crippen LogP contribution in [0.15, 0.2) is 54.6 Å². The number of esters is 1. The van der Waals surface area contributed by atoms with Gasteiger partial charge in [-0.1, -0.05) is 42.5 Å². The summed E-state index contributed by atoms with van der Waals surface area (Å²) in [6, 6.07) is 16.7. The zero-order valence-corrected chi connectivity index (χ0v) is 12.6. The second-order valence-corrected chi connectivity index (χ2v) is 5.11. The van der Waals surface area contributed by atoms with Gasteiger partial charge in [0.05, 0.1) is 7.11 Å². The van der Waals surface area contributed by atoms with E-state index in [1.807, 2.05) is 30.3 Å². The molecule has 2 aromatic carbocycles. The van der Waals surface area contributed by atoms with E-state index in [9.17, 15) is 9.59 Å². The van der Waals surface area contributed by atoms with Crippen molar-refractivity contribution >= 4 is 12.3 Å². The lowest BCUT2D eigenvalue weighted by molar-refractivity contribution is -0.148. The molecule has 2 rings (SSSR count). The monoisotopic (exact) mass is 298 g/mol. The maximum atomic E-state index is 11.8. The normalized spacial score (nSPS) is 13.0. The second-order valence-electron chi connectivity index (χ2n) is 5.11. The van der Waals surface area contributed by atoms with Gasteiger partial charge in [-0.3, -0.25) is 4.79 Å². The van der Waals surface area contributed by atoms with Crippen molar-refractivity contribution in [1.82, 2.24) is 0 Å². The van der Waals surface area contributed by atoms with E-state index < -0.39 is 11.4 Å². The maximum Gasteiger partial charge on any atom is 0.323 e. The summed E-state index contributed by atoms with van der Waals surface area (Å²) in [4.78, 5) is 23.1. The van der Waals surface area contributed by atoms with Crippen LogP contribution in [0, 0.1) is 0 Å². The fourth-order valence-electron chi connectivity index (χ4n) is 2.08. The van der Waals surface area contributed by atoms with Gasteiger partial charge >= 0.3 is 5.97 Å². The van der Waals surface area contributed by atoms with Crippen LogP contribution in [-0.2, 0) is 26.3 Å². The Morgan fingerprint density at radius 2 is 1.73 bits per heavy atom. The van der Waals surface area contributed by atoms with Gasteiger partial charge in [0, 0.05) is 0 Å². The first kappa shape index (κ1) is 15.8. The zero-order valence-electron chi connectivity index (χ0n) is 12.6. The van der Waals surface area contributed by atoms with Gasteiger partial charge in [0.25, 0.3) is 0 Å². The van der Waals surface area contributed by atoms with Gasteiger partial charge in [-0.15, -0.1) is 0 Å². The number of methoxy groups -OCH3 is 1. The van der Waals surface area contributed by atoms with Gasteiger partial charge in [0.2, 0.25) is 0 Å². The predicted octanol–water partition coefficient (Wildman–Crippen LogP) is 2.90. The lowest BCUT2D eigenvalue weighted by atomic mass is 9.84. The van der Waals surface area contributed by atoms with Gasteiger partial charge in [-0.2, -0.15) is 0 Å². The van der Waals surface area contributed by atoms with E-state index in [2.05, 4.69) is 0 Å². The highest BCUT2D eigenvalue weighted by molar-refractivity contribution is 5.99. The van der Waals surface area contributed by atoms with Crippen molar-refractivity contribution in [2.75, 3.05) is 7.11 Å². The van der Waals surface area contributed by atoms with Crippen LogP contribution >= 0.6 is 0 Å². The number of ether oxygens (including phenoxy) is 2. The molecule has 0 aliphatic rings. The number of hydrogen-bond donors (Lipinski definition) is 0. The Morgan fingerprint density at radius 3 is 2.27 bits per heavy atom. The smallest absolute Gasteiger partial charge is 0.323 e. The van der Waals surface area contributed by atoms with Crippen LogP contribution in [0.5, 0.6) is 5.75 Å². The largest absolute Gasteiger partial charge is 0.489 e. The Balaban J connectivity index is 2.10. The van der Waals surface area contributed by atoms with Crippen molar-refractivity contribution in [1.29, 1.82) is 0 Å². The average molecular weight is 298 g/mol. The van der Waals surface area contributed by atoms with Gasteiger partial charge < -0.3 is 14.3 Å². The zero-order chi connectivity index (χ0) is 16.0. The first-order valence-electron chi connectivity index (χ1n) is 6.92. The Bertz CT molecular complexity index is 634. The van der Waals surface area contributed by atoms with E-state index in [-0.39, 0.29) is 0 Å². The van der Waals surface area contributed by atoms with Crippen molar-refractivity contribution < 1.29 is 19.1 Å². The minimum absolute atomic E-state index is 0.460. The van der Waals surface area contributed by atoms with Crippen LogP contribution in [0.4, 0.5) is 0 Å². The lowest BCUT2D eigenvalue weighted by Crippen LogP contribution is -2.35. The third-order valence-corrected chi connectivity index (χ3v) is 3.55. The number of carbonyl (C=O) groups is 2. The number of rotatable bonds is 6. The highest BCUT2D eigenvalue weighted by Gasteiger charge is 2.36. The van der Waals surface area contributed by atoms with Crippen LogP contribution in [0.25, 0.3) is 0 Å². The highest BCUT2D eigenvalue weighted by atomic mass is 16.5. The molecule has 0 heterocycles. The van der Waals surface area contributed by atoms with Crippen LogP contribution in [0.1, 0.15) is 18.1 Å². The minimum atomic E-state index is -1.30. The van der Waals surface area contributed by atoms with Crippen molar-refractivity contribution in [3.63, 3.8) is 0 Å². The Kier molecular flexibility index (Phi) is 4.94. The molecule has 0 saturated heterocycles. The number of aldehydes is 1. The van der Waals surface area contributed by atoms with Crippen molar-refractivity contribution in [2.24, 2.45) is 0 Å². The number of hydrogen-bond acceptors (Lipinski definition) is 4. The van der Waals surface area contributed by atoms with Crippen molar-refractivity contribution in [3.8, 4) is 5.75 Å². The van der Waals surface area contributed by atoms with Gasteiger partial charge in [-0.25, -0.2) is 0 Å². The molecule has 0 spiro atoms. The first-order valence-corrected chi connectivity index (χ1v) is 6.92. The molecule has 0 aromatic heterocycles. The molecule has 0 N–H and O–H groups in total. The molecule has 114 valence electrons. The molecule has 4 heteroatoms. The molecule has 4 nitrogen and oxygen atoms in total. The van der Waals surface area contributed by atoms with Gasteiger partial charge in [0.1, 0.15) is 24.1 Å². The summed E-state index contributed by atoms with van der Waals surface area (Å²) in [6.07, 6.45) is 0.596. The summed E-state index contributed by atoms with van der Waals surface area (Å²) in [5, 5.41) is 0. The van der Waals surface area contributed by atoms with Crippen LogP contribution in [0.2, 0.25) is 0 Å². The third-order valence-electron chi connectivity index (χ3n) is 3.55. The third kappa shape index (κ3) is 3.34. The van der Waals surface area contributed by atoms with E-state index in [1.165, 1.54) is 14.0 Å². The van der Waals surface area contributed by atoms with E-state index in [0.29, 0.717) is 24.2 Å². The lowest BCUT2D eigenvalue weighted by Gasteiger charge is -2.20. The van der Waals surface area contributed by atoms with Crippen molar-refractivity contribution in [2.45, 2.75) is 18.9 Å². The molecule has 1 atom stereocenters. The van der Waals surface area contributed by atoms with Gasteiger partial charge in [-0.05, 0) is 30.2 Å². The Morgan fingerprint density at radius 1 is 1.09 bits per heavy atom. The maximum absolute atomic E-state index is 11.8. The van der Waals surface area contributed by atoms with E-state index in [1.54, 1.807) is 24.3 Å². The molecular weight excluding hydrogens is 280 g/mol. The van der Waals surface area contributed by atoms with Gasteiger partial charge in [0.15, 0.2) is 0 Å². The van der Waals surface area contributed by atoms with Crippen molar-refractivity contribution in [3.05, 3.63) is 65.7 Å². The molecule has 1 unspecified atom stereocenters. The molecule has 0 radical (unpaired) electrons. The molecule has 22 heavy (non-hydrogen) atoms.